The van der Waals surface area contributed by atoms with Crippen molar-refractivity contribution in [2.24, 2.45) is 5.92 Å². The first-order valence-electron chi connectivity index (χ1n) is 8.94. The van der Waals surface area contributed by atoms with Crippen LogP contribution in [0.15, 0.2) is 18.2 Å². The molecule has 2 heterocycles. The van der Waals surface area contributed by atoms with Crippen molar-refractivity contribution in [2.75, 3.05) is 5.32 Å². The highest BCUT2D eigenvalue weighted by atomic mass is 35.5. The van der Waals surface area contributed by atoms with Gasteiger partial charge < -0.3 is 10.6 Å². The SMILES string of the molecule is Cl.O=C(CC1CC2CCC(C1)N2)Nc1cccc2c1CCCC2. The predicted octanol–water partition coefficient (Wildman–Crippen LogP) is 3.85. The minimum absolute atomic E-state index is 0. The van der Waals surface area contributed by atoms with Crippen LogP contribution in [0.2, 0.25) is 0 Å². The molecular weight excluding hydrogens is 308 g/mol. The van der Waals surface area contributed by atoms with Gasteiger partial charge >= 0.3 is 0 Å². The molecule has 2 unspecified atom stereocenters. The molecule has 3 aliphatic rings. The Balaban J connectivity index is 0.00000156. The largest absolute Gasteiger partial charge is 0.326 e. The van der Waals surface area contributed by atoms with Gasteiger partial charge in [0.05, 0.1) is 0 Å². The van der Waals surface area contributed by atoms with Crippen LogP contribution in [0.3, 0.4) is 0 Å². The number of rotatable bonds is 3. The summed E-state index contributed by atoms with van der Waals surface area (Å²) in [6.45, 7) is 0. The zero-order valence-electron chi connectivity index (χ0n) is 13.6. The summed E-state index contributed by atoms with van der Waals surface area (Å²) in [6.07, 6.45) is 10.5. The average molecular weight is 335 g/mol. The van der Waals surface area contributed by atoms with E-state index in [2.05, 4.69) is 28.8 Å². The van der Waals surface area contributed by atoms with E-state index in [1.165, 1.54) is 49.7 Å². The summed E-state index contributed by atoms with van der Waals surface area (Å²) in [6, 6.07) is 7.72. The molecule has 2 atom stereocenters. The molecule has 0 aromatic heterocycles. The van der Waals surface area contributed by atoms with Gasteiger partial charge in [-0.15, -0.1) is 12.4 Å². The van der Waals surface area contributed by atoms with Crippen molar-refractivity contribution >= 4 is 24.0 Å². The fourth-order valence-electron chi connectivity index (χ4n) is 4.70. The van der Waals surface area contributed by atoms with Gasteiger partial charge in [0, 0.05) is 24.2 Å². The molecule has 2 aliphatic heterocycles. The van der Waals surface area contributed by atoms with Crippen LogP contribution in [0.25, 0.3) is 0 Å². The number of nitrogens with one attached hydrogen (secondary N) is 2. The number of hydrogen-bond acceptors (Lipinski definition) is 2. The van der Waals surface area contributed by atoms with Crippen LogP contribution in [0.4, 0.5) is 5.69 Å². The van der Waals surface area contributed by atoms with Gasteiger partial charge in [0.15, 0.2) is 0 Å². The first-order chi connectivity index (χ1) is 10.8. The third-order valence-corrected chi connectivity index (χ3v) is 5.71. The van der Waals surface area contributed by atoms with Crippen LogP contribution in [0.1, 0.15) is 56.1 Å². The fourth-order valence-corrected chi connectivity index (χ4v) is 4.70. The lowest BCUT2D eigenvalue weighted by Gasteiger charge is -2.28. The second kappa shape index (κ2) is 7.23. The third-order valence-electron chi connectivity index (χ3n) is 5.71. The second-order valence-corrected chi connectivity index (χ2v) is 7.38. The van der Waals surface area contributed by atoms with E-state index < -0.39 is 0 Å². The number of carbonyl (C=O) groups excluding carboxylic acids is 1. The van der Waals surface area contributed by atoms with E-state index in [0.29, 0.717) is 24.4 Å². The third kappa shape index (κ3) is 3.72. The molecule has 0 saturated carbocycles. The molecule has 1 amide bonds. The second-order valence-electron chi connectivity index (χ2n) is 7.38. The zero-order valence-corrected chi connectivity index (χ0v) is 14.5. The molecule has 3 nitrogen and oxygen atoms in total. The summed E-state index contributed by atoms with van der Waals surface area (Å²) in [5.74, 6) is 0.781. The molecule has 23 heavy (non-hydrogen) atoms. The van der Waals surface area contributed by atoms with Gasteiger partial charge in [0.25, 0.3) is 0 Å². The Hall–Kier alpha value is -1.06. The first-order valence-corrected chi connectivity index (χ1v) is 8.94. The number of halogens is 1. The van der Waals surface area contributed by atoms with Crippen molar-refractivity contribution in [3.05, 3.63) is 29.3 Å². The molecule has 1 aromatic rings. The number of benzene rings is 1. The molecule has 1 aromatic carbocycles. The van der Waals surface area contributed by atoms with Crippen LogP contribution in [0, 0.1) is 5.92 Å². The normalized spacial score (nSPS) is 28.6. The lowest BCUT2D eigenvalue weighted by atomic mass is 9.88. The van der Waals surface area contributed by atoms with Crippen molar-refractivity contribution in [1.82, 2.24) is 5.32 Å². The van der Waals surface area contributed by atoms with Gasteiger partial charge in [0.2, 0.25) is 5.91 Å². The van der Waals surface area contributed by atoms with Crippen LogP contribution in [0.5, 0.6) is 0 Å². The molecular formula is C19H27ClN2O. The Morgan fingerprint density at radius 2 is 1.87 bits per heavy atom. The number of piperidine rings is 1. The van der Waals surface area contributed by atoms with Crippen molar-refractivity contribution in [3.63, 3.8) is 0 Å². The van der Waals surface area contributed by atoms with Crippen LogP contribution < -0.4 is 10.6 Å². The number of fused-ring (bicyclic) bond motifs is 3. The number of amides is 1. The Morgan fingerprint density at radius 1 is 1.13 bits per heavy atom. The van der Waals surface area contributed by atoms with E-state index in [1.807, 2.05) is 0 Å². The summed E-state index contributed by atoms with van der Waals surface area (Å²) >= 11 is 0. The Kier molecular flexibility index (Phi) is 5.27. The highest BCUT2D eigenvalue weighted by Gasteiger charge is 2.34. The first kappa shape index (κ1) is 16.8. The van der Waals surface area contributed by atoms with Crippen molar-refractivity contribution < 1.29 is 4.79 Å². The Morgan fingerprint density at radius 3 is 2.65 bits per heavy atom. The highest BCUT2D eigenvalue weighted by molar-refractivity contribution is 5.92. The van der Waals surface area contributed by atoms with E-state index >= 15 is 0 Å². The summed E-state index contributed by atoms with van der Waals surface area (Å²) in [4.78, 5) is 12.5. The molecule has 2 bridgehead atoms. The predicted molar refractivity (Wildman–Crippen MR) is 96.2 cm³/mol. The van der Waals surface area contributed by atoms with Gasteiger partial charge in [-0.3, -0.25) is 4.79 Å². The maximum atomic E-state index is 12.5. The highest BCUT2D eigenvalue weighted by Crippen LogP contribution is 2.33. The van der Waals surface area contributed by atoms with Crippen LogP contribution in [-0.2, 0) is 17.6 Å². The van der Waals surface area contributed by atoms with Gasteiger partial charge in [-0.2, -0.15) is 0 Å². The number of anilines is 1. The standard InChI is InChI=1S/C19H26N2O.ClH/c22-19(12-13-10-15-8-9-16(11-13)20-15)21-18-7-3-5-14-4-1-2-6-17(14)18;/h3,5,7,13,15-16,20H,1-2,4,6,8-12H2,(H,21,22);1H. The van der Waals surface area contributed by atoms with E-state index in [4.69, 9.17) is 0 Å². The van der Waals surface area contributed by atoms with E-state index in [1.54, 1.807) is 0 Å². The van der Waals surface area contributed by atoms with E-state index in [9.17, 15) is 4.79 Å². The van der Waals surface area contributed by atoms with Gasteiger partial charge in [0.1, 0.15) is 0 Å². The lowest BCUT2D eigenvalue weighted by molar-refractivity contribution is -0.117. The molecule has 0 spiro atoms. The molecule has 4 heteroatoms. The summed E-state index contributed by atoms with van der Waals surface area (Å²) in [5, 5.41) is 6.86. The number of aryl methyl sites for hydroxylation is 1. The maximum absolute atomic E-state index is 12.5. The Bertz CT molecular complexity index is 562. The molecule has 2 fully saturated rings. The minimum Gasteiger partial charge on any atom is -0.326 e. The molecule has 1 aliphatic carbocycles. The van der Waals surface area contributed by atoms with Crippen molar-refractivity contribution in [1.29, 1.82) is 0 Å². The molecule has 2 saturated heterocycles. The molecule has 2 N–H and O–H groups in total. The minimum atomic E-state index is 0. The topological polar surface area (TPSA) is 41.1 Å². The zero-order chi connectivity index (χ0) is 14.9. The van der Waals surface area contributed by atoms with Crippen LogP contribution in [-0.4, -0.2) is 18.0 Å². The number of hydrogen-bond donors (Lipinski definition) is 2. The average Bonchev–Trinajstić information content (AvgIpc) is 2.86. The van der Waals surface area contributed by atoms with Crippen molar-refractivity contribution in [3.8, 4) is 0 Å². The van der Waals surface area contributed by atoms with Gasteiger partial charge in [-0.1, -0.05) is 12.1 Å². The van der Waals surface area contributed by atoms with E-state index in [0.717, 1.165) is 18.5 Å². The smallest absolute Gasteiger partial charge is 0.224 e. The summed E-state index contributed by atoms with van der Waals surface area (Å²) in [5.41, 5.74) is 3.88. The van der Waals surface area contributed by atoms with Gasteiger partial charge in [-0.25, -0.2) is 0 Å². The number of carbonyl (C=O) groups is 1. The molecule has 4 rings (SSSR count). The Labute approximate surface area is 145 Å². The lowest BCUT2D eigenvalue weighted by Crippen LogP contribution is -2.39. The molecule has 126 valence electrons. The fraction of sp³-hybridized carbons (Fsp3) is 0.632. The maximum Gasteiger partial charge on any atom is 0.224 e. The summed E-state index contributed by atoms with van der Waals surface area (Å²) < 4.78 is 0. The summed E-state index contributed by atoms with van der Waals surface area (Å²) in [7, 11) is 0. The van der Waals surface area contributed by atoms with Crippen LogP contribution >= 0.6 is 12.4 Å². The van der Waals surface area contributed by atoms with Gasteiger partial charge in [-0.05, 0) is 74.5 Å². The monoisotopic (exact) mass is 334 g/mol. The van der Waals surface area contributed by atoms with Crippen molar-refractivity contribution in [2.45, 2.75) is 69.9 Å². The van der Waals surface area contributed by atoms with E-state index in [-0.39, 0.29) is 18.3 Å². The molecule has 0 radical (unpaired) electrons. The quantitative estimate of drug-likeness (QED) is 0.881.